The van der Waals surface area contributed by atoms with E-state index >= 15 is 0 Å². The molecule has 0 aliphatic rings. The second-order valence-electron chi connectivity index (χ2n) is 4.21. The number of nitrogens with one attached hydrogen (secondary N) is 1. The summed E-state index contributed by atoms with van der Waals surface area (Å²) in [5.41, 5.74) is 1.69. The smallest absolute Gasteiger partial charge is 0.265 e. The van der Waals surface area contributed by atoms with Crippen molar-refractivity contribution in [3.8, 4) is 0 Å². The molecule has 2 aromatic rings. The third kappa shape index (κ3) is 2.76. The molecule has 0 bridgehead atoms. The van der Waals surface area contributed by atoms with Crippen molar-refractivity contribution in [3.63, 3.8) is 0 Å². The van der Waals surface area contributed by atoms with Crippen LogP contribution in [0.2, 0.25) is 0 Å². The van der Waals surface area contributed by atoms with Gasteiger partial charge in [-0.05, 0) is 48.6 Å². The van der Waals surface area contributed by atoms with E-state index in [4.69, 9.17) is 0 Å². The predicted molar refractivity (Wildman–Crippen MR) is 82.6 cm³/mol. The fourth-order valence-electron chi connectivity index (χ4n) is 1.88. The largest absolute Gasteiger partial charge is 0.278 e. The molecule has 0 unspecified atom stereocenters. The Labute approximate surface area is 126 Å². The van der Waals surface area contributed by atoms with E-state index in [9.17, 15) is 8.42 Å². The second kappa shape index (κ2) is 5.12. The van der Waals surface area contributed by atoms with Gasteiger partial charge in [0.15, 0.2) is 0 Å². The van der Waals surface area contributed by atoms with Crippen molar-refractivity contribution >= 4 is 38.3 Å². The molecule has 0 spiro atoms. The molecule has 0 fully saturated rings. The van der Waals surface area contributed by atoms with E-state index in [2.05, 4.69) is 32.4 Å². The van der Waals surface area contributed by atoms with Crippen molar-refractivity contribution in [2.45, 2.75) is 18.7 Å². The average molecular weight is 391 g/mol. The normalized spacial score (nSPS) is 11.6. The van der Waals surface area contributed by atoms with Crippen LogP contribution in [0.25, 0.3) is 0 Å². The number of rotatable bonds is 3. The van der Waals surface area contributed by atoms with Crippen molar-refractivity contribution in [2.24, 2.45) is 7.05 Å². The summed E-state index contributed by atoms with van der Waals surface area (Å²) < 4.78 is 29.9. The maximum absolute atomic E-state index is 12.4. The first-order valence-electron chi connectivity index (χ1n) is 5.60. The number of halogens is 1. The molecule has 5 nitrogen and oxygen atoms in total. The van der Waals surface area contributed by atoms with Crippen LogP contribution in [0.4, 0.5) is 5.69 Å². The molecular weight excluding hydrogens is 377 g/mol. The molecule has 0 saturated carbocycles. The topological polar surface area (TPSA) is 64.0 Å². The van der Waals surface area contributed by atoms with Gasteiger partial charge in [0.1, 0.15) is 4.90 Å². The number of aryl methyl sites for hydroxylation is 2. The molecule has 0 aliphatic heterocycles. The molecule has 0 aliphatic carbocycles. The summed E-state index contributed by atoms with van der Waals surface area (Å²) in [5, 5.41) is 4.14. The lowest BCUT2D eigenvalue weighted by atomic mass is 10.3. The molecule has 0 radical (unpaired) electrons. The first-order chi connectivity index (χ1) is 8.83. The molecule has 1 aromatic carbocycles. The number of anilines is 1. The highest BCUT2D eigenvalue weighted by Crippen LogP contribution is 2.24. The van der Waals surface area contributed by atoms with Crippen molar-refractivity contribution in [3.05, 3.63) is 39.2 Å². The van der Waals surface area contributed by atoms with Gasteiger partial charge in [0.2, 0.25) is 0 Å². The summed E-state index contributed by atoms with van der Waals surface area (Å²) >= 11 is 2.09. The average Bonchev–Trinajstić information content (AvgIpc) is 2.56. The van der Waals surface area contributed by atoms with Gasteiger partial charge in [-0.2, -0.15) is 5.10 Å². The Balaban J connectivity index is 2.47. The van der Waals surface area contributed by atoms with Gasteiger partial charge in [0.25, 0.3) is 10.0 Å². The molecule has 1 N–H and O–H groups in total. The molecule has 102 valence electrons. The van der Waals surface area contributed by atoms with Crippen LogP contribution in [-0.2, 0) is 17.1 Å². The number of sulfonamides is 1. The molecule has 2 rings (SSSR count). The van der Waals surface area contributed by atoms with Crippen molar-refractivity contribution < 1.29 is 8.42 Å². The SMILES string of the molecule is Cc1nn(C)c(C)c1S(=O)(=O)Nc1ccccc1I. The van der Waals surface area contributed by atoms with Gasteiger partial charge in [-0.1, -0.05) is 12.1 Å². The van der Waals surface area contributed by atoms with Gasteiger partial charge >= 0.3 is 0 Å². The molecule has 0 amide bonds. The zero-order valence-electron chi connectivity index (χ0n) is 10.8. The van der Waals surface area contributed by atoms with E-state index < -0.39 is 10.0 Å². The van der Waals surface area contributed by atoms with Crippen LogP contribution < -0.4 is 4.72 Å². The van der Waals surface area contributed by atoms with Crippen molar-refractivity contribution in [1.82, 2.24) is 9.78 Å². The van der Waals surface area contributed by atoms with Crippen LogP contribution in [0.3, 0.4) is 0 Å². The summed E-state index contributed by atoms with van der Waals surface area (Å²) in [7, 11) is -1.88. The number of nitrogens with zero attached hydrogens (tertiary/aromatic N) is 2. The fraction of sp³-hybridized carbons (Fsp3) is 0.250. The Bertz CT molecular complexity index is 723. The Morgan fingerprint density at radius 1 is 1.26 bits per heavy atom. The van der Waals surface area contributed by atoms with Gasteiger partial charge in [-0.3, -0.25) is 9.40 Å². The Hall–Kier alpha value is -1.09. The number of aromatic nitrogens is 2. The van der Waals surface area contributed by atoms with Gasteiger partial charge in [-0.15, -0.1) is 0 Å². The van der Waals surface area contributed by atoms with Crippen molar-refractivity contribution in [2.75, 3.05) is 4.72 Å². The van der Waals surface area contributed by atoms with Gasteiger partial charge < -0.3 is 0 Å². The molecule has 1 aromatic heterocycles. The maximum atomic E-state index is 12.4. The maximum Gasteiger partial charge on any atom is 0.265 e. The minimum atomic E-state index is -3.61. The summed E-state index contributed by atoms with van der Waals surface area (Å²) in [6, 6.07) is 7.24. The van der Waals surface area contributed by atoms with Gasteiger partial charge in [0.05, 0.1) is 17.1 Å². The second-order valence-corrected chi connectivity index (χ2v) is 6.99. The van der Waals surface area contributed by atoms with Crippen molar-refractivity contribution in [1.29, 1.82) is 0 Å². The minimum Gasteiger partial charge on any atom is -0.278 e. The Morgan fingerprint density at radius 2 is 1.89 bits per heavy atom. The van der Waals surface area contributed by atoms with E-state index in [1.165, 1.54) is 0 Å². The lowest BCUT2D eigenvalue weighted by Gasteiger charge is -2.09. The van der Waals surface area contributed by atoms with Crippen LogP contribution in [-0.4, -0.2) is 18.2 Å². The van der Waals surface area contributed by atoms with Crippen LogP contribution >= 0.6 is 22.6 Å². The molecule has 0 atom stereocenters. The first-order valence-corrected chi connectivity index (χ1v) is 8.16. The van der Waals surface area contributed by atoms with Crippen LogP contribution in [0.15, 0.2) is 29.2 Å². The highest BCUT2D eigenvalue weighted by atomic mass is 127. The monoisotopic (exact) mass is 391 g/mol. The van der Waals surface area contributed by atoms with Crippen LogP contribution in [0.5, 0.6) is 0 Å². The first kappa shape index (κ1) is 14.3. The summed E-state index contributed by atoms with van der Waals surface area (Å²) in [5.74, 6) is 0. The van der Waals surface area contributed by atoms with Gasteiger partial charge in [-0.25, -0.2) is 8.42 Å². The Morgan fingerprint density at radius 3 is 2.42 bits per heavy atom. The van der Waals surface area contributed by atoms with E-state index in [0.717, 1.165) is 3.57 Å². The summed E-state index contributed by atoms with van der Waals surface area (Å²) in [6.07, 6.45) is 0. The number of para-hydroxylation sites is 1. The molecule has 19 heavy (non-hydrogen) atoms. The number of benzene rings is 1. The zero-order valence-corrected chi connectivity index (χ0v) is 13.8. The Kier molecular flexibility index (Phi) is 3.86. The van der Waals surface area contributed by atoms with E-state index in [1.807, 2.05) is 12.1 Å². The summed E-state index contributed by atoms with van der Waals surface area (Å²) in [6.45, 7) is 3.43. The number of hydrogen-bond donors (Lipinski definition) is 1. The van der Waals surface area contributed by atoms with E-state index in [0.29, 0.717) is 17.1 Å². The standard InChI is InChI=1S/C12H14IN3O2S/c1-8-12(9(2)16(3)14-8)19(17,18)15-11-7-5-4-6-10(11)13/h4-7,15H,1-3H3. The molecule has 7 heteroatoms. The van der Waals surface area contributed by atoms with Crippen LogP contribution in [0, 0.1) is 17.4 Å². The third-order valence-corrected chi connectivity index (χ3v) is 5.39. The quantitative estimate of drug-likeness (QED) is 0.818. The molecule has 1 heterocycles. The van der Waals surface area contributed by atoms with E-state index in [1.54, 1.807) is 37.7 Å². The number of hydrogen-bond acceptors (Lipinski definition) is 3. The van der Waals surface area contributed by atoms with Gasteiger partial charge in [0, 0.05) is 10.6 Å². The summed E-state index contributed by atoms with van der Waals surface area (Å²) in [4.78, 5) is 0.245. The molecule has 0 saturated heterocycles. The minimum absolute atomic E-state index is 0.245. The predicted octanol–water partition coefficient (Wildman–Crippen LogP) is 2.44. The highest BCUT2D eigenvalue weighted by molar-refractivity contribution is 14.1. The third-order valence-electron chi connectivity index (χ3n) is 2.83. The van der Waals surface area contributed by atoms with Crippen LogP contribution in [0.1, 0.15) is 11.4 Å². The lowest BCUT2D eigenvalue weighted by Crippen LogP contribution is -2.15. The highest BCUT2D eigenvalue weighted by Gasteiger charge is 2.24. The zero-order chi connectivity index (χ0) is 14.2. The van der Waals surface area contributed by atoms with E-state index in [-0.39, 0.29) is 4.90 Å². The molecular formula is C12H14IN3O2S. The lowest BCUT2D eigenvalue weighted by molar-refractivity contribution is 0.599. The fourth-order valence-corrected chi connectivity index (χ4v) is 4.11.